The van der Waals surface area contributed by atoms with Gasteiger partial charge >= 0.3 is 0 Å². The minimum absolute atomic E-state index is 0.211. The van der Waals surface area contributed by atoms with Crippen LogP contribution >= 0.6 is 0 Å². The van der Waals surface area contributed by atoms with Gasteiger partial charge in [0.05, 0.1) is 0 Å². The Labute approximate surface area is 75.5 Å². The molecule has 0 radical (unpaired) electrons. The van der Waals surface area contributed by atoms with Gasteiger partial charge in [-0.1, -0.05) is 0 Å². The van der Waals surface area contributed by atoms with Gasteiger partial charge in [0.2, 0.25) is 10.3 Å². The first-order valence-corrected chi connectivity index (χ1v) is 4.25. The molecule has 0 aliphatic heterocycles. The van der Waals surface area contributed by atoms with E-state index in [9.17, 15) is 9.00 Å². The highest BCUT2D eigenvalue weighted by atomic mass is 32.1. The summed E-state index contributed by atoms with van der Waals surface area (Å²) >= 11 is 0.251. The highest BCUT2D eigenvalue weighted by Crippen LogP contribution is 2.01. The molecular weight excluding hydrogens is 190 g/mol. The molecule has 13 heavy (non-hydrogen) atoms. The van der Waals surface area contributed by atoms with Crippen LogP contribution in [0.1, 0.15) is 0 Å². The van der Waals surface area contributed by atoms with E-state index in [0.29, 0.717) is 5.65 Å². The fourth-order valence-electron chi connectivity index (χ4n) is 1.01. The van der Waals surface area contributed by atoms with Gasteiger partial charge in [0.1, 0.15) is 16.9 Å². The maximum atomic E-state index is 10.9. The predicted molar refractivity (Wildman–Crippen MR) is 48.1 cm³/mol. The van der Waals surface area contributed by atoms with E-state index >= 15 is 0 Å². The first-order chi connectivity index (χ1) is 6.29. The van der Waals surface area contributed by atoms with Crippen molar-refractivity contribution in [2.45, 2.75) is 0 Å². The Morgan fingerprint density at radius 1 is 1.31 bits per heavy atom. The fourth-order valence-corrected chi connectivity index (χ4v) is 1.25. The summed E-state index contributed by atoms with van der Waals surface area (Å²) in [4.78, 5) is 20.0. The van der Waals surface area contributed by atoms with Gasteiger partial charge in [-0.3, -0.25) is 4.79 Å². The molecule has 2 aromatic rings. The van der Waals surface area contributed by atoms with Crippen molar-refractivity contribution >= 4 is 22.3 Å². The van der Waals surface area contributed by atoms with Crippen LogP contribution in [0.2, 0.25) is 0 Å². The molecule has 0 unspecified atom stereocenters. The predicted octanol–water partition coefficient (Wildman–Crippen LogP) is -0.00381. The molecule has 2 N–H and O–H groups in total. The zero-order valence-corrected chi connectivity index (χ0v) is 7.22. The number of nitrogens with one attached hydrogen (secondary N) is 2. The summed E-state index contributed by atoms with van der Waals surface area (Å²) in [5.41, 5.74) is 0.303. The molecule has 0 aliphatic carbocycles. The topological polar surface area (TPSA) is 78.6 Å². The lowest BCUT2D eigenvalue weighted by Gasteiger charge is -1.93. The zero-order valence-electron chi connectivity index (χ0n) is 6.40. The number of aromatic nitrogens is 3. The van der Waals surface area contributed by atoms with Gasteiger partial charge in [0, 0.05) is 17.6 Å². The Hall–Kier alpha value is -1.69. The van der Waals surface area contributed by atoms with Crippen LogP contribution in [0, 0.1) is 4.77 Å². The number of nitrogens with zero attached hydrogens (tertiary/aromatic N) is 1. The Kier molecular flexibility index (Phi) is 1.82. The van der Waals surface area contributed by atoms with Crippen molar-refractivity contribution in [3.63, 3.8) is 0 Å². The van der Waals surface area contributed by atoms with Gasteiger partial charge in [0.15, 0.2) is 0 Å². The molecular formula is C7H5N3O2S. The van der Waals surface area contributed by atoms with Crippen molar-refractivity contribution < 1.29 is 4.21 Å². The first-order valence-electron chi connectivity index (χ1n) is 3.51. The third kappa shape index (κ3) is 1.43. The van der Waals surface area contributed by atoms with Crippen LogP contribution in [0.3, 0.4) is 0 Å². The average molecular weight is 195 g/mol. The summed E-state index contributed by atoms with van der Waals surface area (Å²) in [7, 11) is 0. The lowest BCUT2D eigenvalue weighted by molar-refractivity contribution is 0.698. The van der Waals surface area contributed by atoms with Gasteiger partial charge < -0.3 is 9.97 Å². The van der Waals surface area contributed by atoms with Crippen LogP contribution in [-0.2, 0) is 11.3 Å². The third-order valence-electron chi connectivity index (χ3n) is 1.58. The summed E-state index contributed by atoms with van der Waals surface area (Å²) in [6.45, 7) is 0. The second-order valence-corrected chi connectivity index (χ2v) is 2.98. The van der Waals surface area contributed by atoms with E-state index in [2.05, 4.69) is 15.0 Å². The van der Waals surface area contributed by atoms with Crippen LogP contribution in [0.4, 0.5) is 0 Å². The van der Waals surface area contributed by atoms with Crippen molar-refractivity contribution in [2.24, 2.45) is 0 Å². The average Bonchev–Trinajstić information content (AvgIpc) is 2.16. The van der Waals surface area contributed by atoms with Crippen LogP contribution in [0.5, 0.6) is 0 Å². The van der Waals surface area contributed by atoms with Crippen LogP contribution in [0.15, 0.2) is 23.1 Å². The highest BCUT2D eigenvalue weighted by molar-refractivity contribution is 7.56. The first kappa shape index (κ1) is 7.93. The summed E-state index contributed by atoms with van der Waals surface area (Å²) in [5, 5.41) is 0.761. The minimum atomic E-state index is -0.211. The molecule has 2 aromatic heterocycles. The molecule has 66 valence electrons. The molecule has 0 saturated heterocycles. The Balaban J connectivity index is 2.98. The lowest BCUT2D eigenvalue weighted by Crippen LogP contribution is -2.04. The van der Waals surface area contributed by atoms with E-state index in [1.165, 1.54) is 12.3 Å². The summed E-state index contributed by atoms with van der Waals surface area (Å²) in [6.07, 6.45) is 1.53. The normalized spacial score (nSPS) is 10.2. The number of pyridine rings is 1. The molecule has 2 rings (SSSR count). The number of aromatic amines is 2. The van der Waals surface area contributed by atoms with Gasteiger partial charge in [-0.15, -0.1) is 0 Å². The molecule has 5 nitrogen and oxygen atoms in total. The minimum Gasteiger partial charge on any atom is -0.315 e. The zero-order chi connectivity index (χ0) is 9.26. The third-order valence-corrected chi connectivity index (χ3v) is 1.95. The molecule has 0 saturated carbocycles. The molecule has 0 spiro atoms. The maximum absolute atomic E-state index is 10.9. The van der Waals surface area contributed by atoms with Crippen molar-refractivity contribution in [1.82, 2.24) is 15.0 Å². The van der Waals surface area contributed by atoms with Crippen LogP contribution in [-0.4, -0.2) is 19.2 Å². The van der Waals surface area contributed by atoms with Crippen molar-refractivity contribution in [1.29, 1.82) is 0 Å². The summed E-state index contributed by atoms with van der Waals surface area (Å²) in [6, 6.07) is 3.04. The van der Waals surface area contributed by atoms with E-state index in [-0.39, 0.29) is 21.6 Å². The van der Waals surface area contributed by atoms with E-state index in [1.54, 1.807) is 6.07 Å². The SMILES string of the molecule is O=S=c1ncc2ccc(=O)[nH]c2[nH]1. The molecule has 6 heteroatoms. The number of hydrogen-bond donors (Lipinski definition) is 2. The molecule has 0 atom stereocenters. The maximum Gasteiger partial charge on any atom is 0.249 e. The molecule has 0 bridgehead atoms. The Morgan fingerprint density at radius 3 is 2.92 bits per heavy atom. The number of rotatable bonds is 0. The van der Waals surface area contributed by atoms with E-state index < -0.39 is 0 Å². The second-order valence-electron chi connectivity index (χ2n) is 2.42. The molecule has 0 aliphatic rings. The van der Waals surface area contributed by atoms with Crippen LogP contribution < -0.4 is 5.56 Å². The lowest BCUT2D eigenvalue weighted by atomic mass is 10.3. The summed E-state index contributed by atoms with van der Waals surface area (Å²) < 4.78 is 10.6. The Morgan fingerprint density at radius 2 is 2.15 bits per heavy atom. The van der Waals surface area contributed by atoms with Gasteiger partial charge in [-0.2, -0.15) is 0 Å². The summed E-state index contributed by atoms with van der Waals surface area (Å²) in [5.74, 6) is 0. The van der Waals surface area contributed by atoms with Crippen molar-refractivity contribution in [3.05, 3.63) is 33.5 Å². The molecule has 0 amide bonds. The van der Waals surface area contributed by atoms with Gasteiger partial charge in [-0.25, -0.2) is 9.19 Å². The fraction of sp³-hybridized carbons (Fsp3) is 0. The van der Waals surface area contributed by atoms with Gasteiger partial charge in [-0.05, 0) is 6.07 Å². The molecule has 2 heterocycles. The number of H-pyrrole nitrogens is 2. The Bertz CT molecular complexity index is 594. The number of hydrogen-bond acceptors (Lipinski definition) is 3. The van der Waals surface area contributed by atoms with Crippen molar-refractivity contribution in [3.8, 4) is 0 Å². The molecule has 0 fully saturated rings. The smallest absolute Gasteiger partial charge is 0.249 e. The largest absolute Gasteiger partial charge is 0.315 e. The quantitative estimate of drug-likeness (QED) is 0.580. The standard InChI is InChI=1S/C7H5N3O2S/c11-5-2-1-4-3-8-7(13-12)10-6(4)9-5/h1-3H,(H2,9,10,11). The molecule has 0 aromatic carbocycles. The van der Waals surface area contributed by atoms with Gasteiger partial charge in [0.25, 0.3) is 0 Å². The monoisotopic (exact) mass is 195 g/mol. The van der Waals surface area contributed by atoms with Crippen molar-refractivity contribution in [2.75, 3.05) is 0 Å². The van der Waals surface area contributed by atoms with E-state index in [4.69, 9.17) is 0 Å². The van der Waals surface area contributed by atoms with Crippen LogP contribution in [0.25, 0.3) is 11.0 Å². The second kappa shape index (κ2) is 2.98. The highest BCUT2D eigenvalue weighted by Gasteiger charge is 1.93. The van der Waals surface area contributed by atoms with E-state index in [0.717, 1.165) is 5.39 Å². The van der Waals surface area contributed by atoms with E-state index in [1.807, 2.05) is 0 Å². The number of fused-ring (bicyclic) bond motifs is 1.